The lowest BCUT2D eigenvalue weighted by atomic mass is 10.1. The molecule has 0 aliphatic carbocycles. The molecule has 1 aromatic carbocycles. The maximum absolute atomic E-state index is 13.2. The number of Topliss-reactive ketones (excluding diaryl/α,β-unsaturated/α-hetero) is 1. The molecule has 1 aromatic rings. The molecule has 1 rings (SSSR count). The quantitative estimate of drug-likeness (QED) is 0.126. The number of rotatable bonds is 19. The predicted molar refractivity (Wildman–Crippen MR) is 149 cm³/mol. The van der Waals surface area contributed by atoms with E-state index < -0.39 is 79.2 Å². The average Bonchev–Trinajstić information content (AvgIpc) is 2.98. The Hall–Kier alpha value is -4.21. The number of esters is 1. The lowest BCUT2D eigenvalue weighted by molar-refractivity contribution is -0.143. The molecule has 232 valence electrons. The Morgan fingerprint density at radius 1 is 0.905 bits per heavy atom. The molecule has 0 aliphatic heterocycles. The summed E-state index contributed by atoms with van der Waals surface area (Å²) in [6, 6.07) is 4.54. The number of nitrogens with two attached hydrogens (primary N) is 1. The van der Waals surface area contributed by atoms with Crippen molar-refractivity contribution in [2.24, 2.45) is 5.73 Å². The number of ether oxygens (including phenoxy) is 2. The Balaban J connectivity index is 3.03. The third kappa shape index (κ3) is 14.4. The SMILES string of the molecule is COC(=O)C[C@H](NC(=O)OCc1ccccc1)C(=O)N[C@@H](CCC(N)=O)C(=O)N[C@@H](CCSC)C(=O)NCC(=O)CF. The van der Waals surface area contributed by atoms with Crippen molar-refractivity contribution in [2.45, 2.75) is 50.4 Å². The summed E-state index contributed by atoms with van der Waals surface area (Å²) in [5, 5.41) is 9.31. The van der Waals surface area contributed by atoms with Crippen LogP contribution in [-0.2, 0) is 44.8 Å². The fourth-order valence-corrected chi connectivity index (χ4v) is 3.80. The van der Waals surface area contributed by atoms with Gasteiger partial charge in [0.15, 0.2) is 5.78 Å². The molecule has 0 aromatic heterocycles. The molecule has 0 radical (unpaired) electrons. The molecule has 5 amide bonds. The van der Waals surface area contributed by atoms with Gasteiger partial charge in [0.2, 0.25) is 23.6 Å². The van der Waals surface area contributed by atoms with Gasteiger partial charge in [-0.2, -0.15) is 11.8 Å². The van der Waals surface area contributed by atoms with Crippen LogP contribution in [0.1, 0.15) is 31.2 Å². The highest BCUT2D eigenvalue weighted by atomic mass is 32.2. The fraction of sp³-hybridized carbons (Fsp3) is 0.500. The van der Waals surface area contributed by atoms with Crippen molar-refractivity contribution in [2.75, 3.05) is 32.3 Å². The Labute approximate surface area is 246 Å². The van der Waals surface area contributed by atoms with E-state index in [9.17, 15) is 38.0 Å². The summed E-state index contributed by atoms with van der Waals surface area (Å²) in [5.74, 6) is -4.71. The third-order valence-corrected chi connectivity index (χ3v) is 6.23. The summed E-state index contributed by atoms with van der Waals surface area (Å²) in [6.45, 7) is -1.98. The summed E-state index contributed by atoms with van der Waals surface area (Å²) >= 11 is 1.37. The van der Waals surface area contributed by atoms with Gasteiger partial charge in [-0.1, -0.05) is 30.3 Å². The number of hydrogen-bond donors (Lipinski definition) is 5. The number of nitrogens with one attached hydrogen (secondary N) is 4. The van der Waals surface area contributed by atoms with E-state index in [1.165, 1.54) is 11.8 Å². The van der Waals surface area contributed by atoms with Crippen molar-refractivity contribution >= 4 is 53.2 Å². The maximum Gasteiger partial charge on any atom is 0.408 e. The van der Waals surface area contributed by atoms with Crippen molar-refractivity contribution < 1.29 is 47.4 Å². The first-order valence-corrected chi connectivity index (χ1v) is 14.2. The van der Waals surface area contributed by atoms with Gasteiger partial charge in [-0.15, -0.1) is 0 Å². The van der Waals surface area contributed by atoms with Gasteiger partial charge in [-0.3, -0.25) is 28.8 Å². The summed E-state index contributed by atoms with van der Waals surface area (Å²) < 4.78 is 22.2. The largest absolute Gasteiger partial charge is 0.469 e. The molecule has 0 spiro atoms. The molecule has 6 N–H and O–H groups in total. The molecule has 14 nitrogen and oxygen atoms in total. The molecule has 0 aliphatic rings. The van der Waals surface area contributed by atoms with Gasteiger partial charge in [0.1, 0.15) is 31.4 Å². The summed E-state index contributed by atoms with van der Waals surface area (Å²) in [6.07, 6.45) is -0.379. The topological polar surface area (TPSA) is 212 Å². The van der Waals surface area contributed by atoms with Crippen LogP contribution in [-0.4, -0.2) is 91.9 Å². The monoisotopic (exact) mass is 613 g/mol. The number of methoxy groups -OCH3 is 1. The molecular formula is C26H36FN5O9S. The summed E-state index contributed by atoms with van der Waals surface area (Å²) in [4.78, 5) is 85.9. The van der Waals surface area contributed by atoms with Gasteiger partial charge in [0, 0.05) is 6.42 Å². The van der Waals surface area contributed by atoms with Gasteiger partial charge < -0.3 is 36.5 Å². The van der Waals surface area contributed by atoms with Crippen LogP contribution in [0.15, 0.2) is 30.3 Å². The number of ketones is 1. The maximum atomic E-state index is 13.2. The Morgan fingerprint density at radius 2 is 1.52 bits per heavy atom. The second-order valence-electron chi connectivity index (χ2n) is 8.84. The van der Waals surface area contributed by atoms with Crippen molar-refractivity contribution in [3.05, 3.63) is 35.9 Å². The number of alkyl carbamates (subject to hydrolysis) is 1. The van der Waals surface area contributed by atoms with Gasteiger partial charge in [0.05, 0.1) is 20.1 Å². The molecule has 0 fully saturated rings. The van der Waals surface area contributed by atoms with E-state index in [2.05, 4.69) is 26.0 Å². The minimum absolute atomic E-state index is 0.124. The first-order chi connectivity index (χ1) is 20.0. The van der Waals surface area contributed by atoms with Gasteiger partial charge in [-0.25, -0.2) is 9.18 Å². The molecule has 3 atom stereocenters. The van der Waals surface area contributed by atoms with Crippen LogP contribution < -0.4 is 27.0 Å². The normalized spacial score (nSPS) is 12.5. The zero-order chi connectivity index (χ0) is 31.5. The lowest BCUT2D eigenvalue weighted by Crippen LogP contribution is -2.57. The number of carbonyl (C=O) groups is 7. The number of amides is 5. The zero-order valence-electron chi connectivity index (χ0n) is 23.3. The summed E-state index contributed by atoms with van der Waals surface area (Å²) in [5.41, 5.74) is 5.88. The minimum Gasteiger partial charge on any atom is -0.469 e. The number of thioether (sulfide) groups is 1. The Bertz CT molecular complexity index is 1090. The molecule has 0 unspecified atom stereocenters. The zero-order valence-corrected chi connectivity index (χ0v) is 24.1. The highest BCUT2D eigenvalue weighted by Gasteiger charge is 2.31. The van der Waals surface area contributed by atoms with Crippen LogP contribution in [0, 0.1) is 0 Å². The van der Waals surface area contributed by atoms with Crippen LogP contribution in [0.25, 0.3) is 0 Å². The number of hydrogen-bond acceptors (Lipinski definition) is 10. The van der Waals surface area contributed by atoms with Crippen molar-refractivity contribution in [1.29, 1.82) is 0 Å². The van der Waals surface area contributed by atoms with E-state index in [1.807, 2.05) is 0 Å². The van der Waals surface area contributed by atoms with Crippen LogP contribution in [0.2, 0.25) is 0 Å². The molecule has 0 saturated carbocycles. The van der Waals surface area contributed by atoms with Crippen molar-refractivity contribution in [3.63, 3.8) is 0 Å². The number of primary amides is 1. The van der Waals surface area contributed by atoms with E-state index in [1.54, 1.807) is 36.6 Å². The Kier molecular flexibility index (Phi) is 16.9. The molecule has 16 heteroatoms. The van der Waals surface area contributed by atoms with E-state index in [4.69, 9.17) is 10.5 Å². The predicted octanol–water partition coefficient (Wildman–Crippen LogP) is -0.512. The standard InChI is InChI=1S/C26H36FN5O9S/c1-40-22(35)12-20(32-26(39)41-15-16-6-4-3-5-7-16)25(38)30-18(8-9-21(28)34)24(37)31-19(10-11-42-2)23(36)29-14-17(33)13-27/h3-7,18-20H,8-15H2,1-2H3,(H2,28,34)(H,29,36)(H,30,38)(H,31,37)(H,32,39)/t18-,19-,20-/m0/s1. The van der Waals surface area contributed by atoms with E-state index in [0.717, 1.165) is 7.11 Å². The lowest BCUT2D eigenvalue weighted by Gasteiger charge is -2.25. The van der Waals surface area contributed by atoms with Gasteiger partial charge in [-0.05, 0) is 30.4 Å². The molecular weight excluding hydrogens is 577 g/mol. The smallest absolute Gasteiger partial charge is 0.408 e. The van der Waals surface area contributed by atoms with E-state index in [-0.39, 0.29) is 25.9 Å². The molecule has 0 saturated heterocycles. The minimum atomic E-state index is -1.54. The first-order valence-electron chi connectivity index (χ1n) is 12.8. The fourth-order valence-electron chi connectivity index (χ4n) is 3.33. The van der Waals surface area contributed by atoms with Crippen LogP contribution in [0.5, 0.6) is 0 Å². The number of carbonyl (C=O) groups excluding carboxylic acids is 7. The second-order valence-corrected chi connectivity index (χ2v) is 9.82. The molecule has 0 bridgehead atoms. The molecule has 0 heterocycles. The van der Waals surface area contributed by atoms with Crippen LogP contribution in [0.3, 0.4) is 0 Å². The Morgan fingerprint density at radius 3 is 2.10 bits per heavy atom. The molecule has 42 heavy (non-hydrogen) atoms. The van der Waals surface area contributed by atoms with Crippen LogP contribution in [0.4, 0.5) is 9.18 Å². The summed E-state index contributed by atoms with van der Waals surface area (Å²) in [7, 11) is 1.08. The van der Waals surface area contributed by atoms with E-state index in [0.29, 0.717) is 11.3 Å². The number of alkyl halides is 1. The highest BCUT2D eigenvalue weighted by Crippen LogP contribution is 2.07. The van der Waals surface area contributed by atoms with Gasteiger partial charge in [0.25, 0.3) is 0 Å². The van der Waals surface area contributed by atoms with Gasteiger partial charge >= 0.3 is 12.1 Å². The number of halogens is 1. The third-order valence-electron chi connectivity index (χ3n) is 5.58. The first kappa shape index (κ1) is 35.8. The van der Waals surface area contributed by atoms with E-state index >= 15 is 0 Å². The van der Waals surface area contributed by atoms with Crippen molar-refractivity contribution in [3.8, 4) is 0 Å². The average molecular weight is 614 g/mol. The van der Waals surface area contributed by atoms with Crippen LogP contribution >= 0.6 is 11.8 Å². The highest BCUT2D eigenvalue weighted by molar-refractivity contribution is 7.98. The second kappa shape index (κ2) is 19.8. The number of benzene rings is 1. The van der Waals surface area contributed by atoms with Crippen molar-refractivity contribution in [1.82, 2.24) is 21.3 Å².